The number of thioether (sulfide) groups is 2. The molecule has 4 atom stereocenters. The lowest BCUT2D eigenvalue weighted by molar-refractivity contribution is -0.170. The summed E-state index contributed by atoms with van der Waals surface area (Å²) in [5.41, 5.74) is -0.321. The molecule has 4 unspecified atom stereocenters. The topological polar surface area (TPSA) is 35.5 Å². The molecule has 0 N–H and O–H groups in total. The molecular weight excluding hydrogens is 352 g/mol. The summed E-state index contributed by atoms with van der Waals surface area (Å²) < 4.78 is 12.6. The number of hydrogen-bond donors (Lipinski definition) is 0. The quantitative estimate of drug-likeness (QED) is 0.491. The van der Waals surface area contributed by atoms with Gasteiger partial charge in [-0.25, -0.2) is 0 Å². The number of rotatable bonds is 6. The van der Waals surface area contributed by atoms with Crippen molar-refractivity contribution in [2.45, 2.75) is 92.7 Å². The molecule has 4 aliphatic rings. The molecule has 4 fully saturated rings. The van der Waals surface area contributed by atoms with E-state index in [1.807, 2.05) is 11.8 Å². The van der Waals surface area contributed by atoms with Gasteiger partial charge in [0.15, 0.2) is 0 Å². The molecule has 4 rings (SSSR count). The van der Waals surface area contributed by atoms with E-state index in [0.29, 0.717) is 16.8 Å². The summed E-state index contributed by atoms with van der Waals surface area (Å²) >= 11 is 4.11. The van der Waals surface area contributed by atoms with Crippen molar-refractivity contribution < 1.29 is 14.3 Å². The van der Waals surface area contributed by atoms with Crippen molar-refractivity contribution in [2.24, 2.45) is 11.8 Å². The van der Waals surface area contributed by atoms with Crippen LogP contribution < -0.4 is 0 Å². The zero-order valence-electron chi connectivity index (χ0n) is 15.8. The van der Waals surface area contributed by atoms with Crippen molar-refractivity contribution in [1.82, 2.24) is 0 Å². The Labute approximate surface area is 160 Å². The zero-order chi connectivity index (χ0) is 17.7. The summed E-state index contributed by atoms with van der Waals surface area (Å²) in [6, 6.07) is 0. The van der Waals surface area contributed by atoms with Gasteiger partial charge in [-0.2, -0.15) is 11.8 Å². The monoisotopic (exact) mass is 384 g/mol. The van der Waals surface area contributed by atoms with E-state index in [2.05, 4.69) is 32.5 Å². The van der Waals surface area contributed by atoms with Crippen LogP contribution in [-0.2, 0) is 14.3 Å². The zero-order valence-corrected chi connectivity index (χ0v) is 17.4. The predicted molar refractivity (Wildman–Crippen MR) is 105 cm³/mol. The summed E-state index contributed by atoms with van der Waals surface area (Å²) in [5.74, 6) is 1.90. The molecule has 2 saturated carbocycles. The predicted octanol–water partition coefficient (Wildman–Crippen LogP) is 4.67. The first-order valence-corrected chi connectivity index (χ1v) is 11.9. The molecule has 142 valence electrons. The summed E-state index contributed by atoms with van der Waals surface area (Å²) in [6.07, 6.45) is 7.92. The van der Waals surface area contributed by atoms with Crippen LogP contribution in [0.15, 0.2) is 0 Å². The highest BCUT2D eigenvalue weighted by Crippen LogP contribution is 2.63. The van der Waals surface area contributed by atoms with E-state index in [1.54, 1.807) is 0 Å². The number of ether oxygens (including phenoxy) is 2. The van der Waals surface area contributed by atoms with Crippen LogP contribution in [0.5, 0.6) is 0 Å². The Kier molecular flexibility index (Phi) is 5.13. The molecule has 2 saturated heterocycles. The minimum absolute atomic E-state index is 0.0398. The Morgan fingerprint density at radius 1 is 1.20 bits per heavy atom. The molecule has 0 radical (unpaired) electrons. The van der Waals surface area contributed by atoms with Crippen LogP contribution in [0.2, 0.25) is 0 Å². The Balaban J connectivity index is 1.22. The maximum Gasteiger partial charge on any atom is 0.309 e. The number of carbonyl (C=O) groups excluding carboxylic acids is 1. The molecule has 3 nitrogen and oxygen atoms in total. The third-order valence-corrected chi connectivity index (χ3v) is 9.51. The SMILES string of the molecule is CC(C)(OC(=O)C1CCC(OCC2CS2)CC1)C1CCC2(C)SC2C1. The van der Waals surface area contributed by atoms with Crippen molar-refractivity contribution >= 4 is 29.5 Å². The second-order valence-corrected chi connectivity index (χ2v) is 12.2. The van der Waals surface area contributed by atoms with Gasteiger partial charge in [-0.1, -0.05) is 0 Å². The van der Waals surface area contributed by atoms with Crippen molar-refractivity contribution in [3.63, 3.8) is 0 Å². The standard InChI is InChI=1S/C20H32O3S2/c1-19(2,14-8-9-20(3)17(10-14)25-20)23-18(21)13-4-6-15(7-5-13)22-11-16-12-24-16/h13-17H,4-12H2,1-3H3. The first-order chi connectivity index (χ1) is 11.9. The lowest BCUT2D eigenvalue weighted by Crippen LogP contribution is -2.42. The summed E-state index contributed by atoms with van der Waals surface area (Å²) in [7, 11) is 0. The molecule has 0 aromatic heterocycles. The molecule has 0 aromatic rings. The van der Waals surface area contributed by atoms with Crippen molar-refractivity contribution in [3.8, 4) is 0 Å². The van der Waals surface area contributed by atoms with Crippen molar-refractivity contribution in [3.05, 3.63) is 0 Å². The van der Waals surface area contributed by atoms with Gasteiger partial charge in [0.25, 0.3) is 0 Å². The van der Waals surface area contributed by atoms with Gasteiger partial charge in [0, 0.05) is 21.0 Å². The van der Waals surface area contributed by atoms with Crippen LogP contribution in [0.25, 0.3) is 0 Å². The highest BCUT2D eigenvalue weighted by atomic mass is 32.2. The van der Waals surface area contributed by atoms with Gasteiger partial charge >= 0.3 is 5.97 Å². The first-order valence-electron chi connectivity index (χ1n) is 9.99. The normalized spacial score (nSPS) is 43.2. The maximum atomic E-state index is 12.7. The van der Waals surface area contributed by atoms with E-state index in [1.165, 1.54) is 25.0 Å². The fraction of sp³-hybridized carbons (Fsp3) is 0.950. The van der Waals surface area contributed by atoms with E-state index in [0.717, 1.165) is 42.8 Å². The second-order valence-electron chi connectivity index (χ2n) is 9.18. The van der Waals surface area contributed by atoms with Crippen LogP contribution in [0.3, 0.4) is 0 Å². The van der Waals surface area contributed by atoms with E-state index in [-0.39, 0.29) is 17.5 Å². The van der Waals surface area contributed by atoms with Gasteiger partial charge in [-0.15, -0.1) is 11.8 Å². The minimum Gasteiger partial charge on any atom is -0.459 e. The molecule has 2 aliphatic heterocycles. The lowest BCUT2D eigenvalue weighted by atomic mass is 9.75. The Bertz CT molecular complexity index is 511. The first kappa shape index (κ1) is 18.5. The summed E-state index contributed by atoms with van der Waals surface area (Å²) in [5, 5.41) is 1.53. The molecule has 0 bridgehead atoms. The van der Waals surface area contributed by atoms with Crippen LogP contribution in [0.4, 0.5) is 0 Å². The second kappa shape index (κ2) is 6.94. The van der Waals surface area contributed by atoms with Gasteiger partial charge in [0.1, 0.15) is 5.60 Å². The summed E-state index contributed by atoms with van der Waals surface area (Å²) in [4.78, 5) is 12.7. The molecule has 25 heavy (non-hydrogen) atoms. The van der Waals surface area contributed by atoms with Gasteiger partial charge < -0.3 is 9.47 Å². The highest BCUT2D eigenvalue weighted by Gasteiger charge is 2.56. The third-order valence-electron chi connectivity index (χ3n) is 6.80. The Hall–Kier alpha value is 0.130. The molecule has 2 aliphatic carbocycles. The number of fused-ring (bicyclic) bond motifs is 1. The molecule has 5 heteroatoms. The lowest BCUT2D eigenvalue weighted by Gasteiger charge is -2.38. The van der Waals surface area contributed by atoms with E-state index >= 15 is 0 Å². The average molecular weight is 385 g/mol. The molecular formula is C20H32O3S2. The summed E-state index contributed by atoms with van der Waals surface area (Å²) in [6.45, 7) is 7.55. The Morgan fingerprint density at radius 2 is 1.92 bits per heavy atom. The highest BCUT2D eigenvalue weighted by molar-refractivity contribution is 8.08. The number of esters is 1. The number of carbonyl (C=O) groups is 1. The van der Waals surface area contributed by atoms with Gasteiger partial charge in [-0.3, -0.25) is 4.79 Å². The molecule has 2 heterocycles. The molecule has 0 amide bonds. The minimum atomic E-state index is -0.321. The fourth-order valence-electron chi connectivity index (χ4n) is 4.58. The van der Waals surface area contributed by atoms with E-state index in [4.69, 9.17) is 9.47 Å². The smallest absolute Gasteiger partial charge is 0.309 e. The van der Waals surface area contributed by atoms with Gasteiger partial charge in [-0.05, 0) is 71.6 Å². The Morgan fingerprint density at radius 3 is 2.56 bits per heavy atom. The van der Waals surface area contributed by atoms with Gasteiger partial charge in [0.05, 0.1) is 18.6 Å². The largest absolute Gasteiger partial charge is 0.459 e. The van der Waals surface area contributed by atoms with Crippen LogP contribution >= 0.6 is 23.5 Å². The van der Waals surface area contributed by atoms with Crippen LogP contribution in [0.1, 0.15) is 65.7 Å². The van der Waals surface area contributed by atoms with Crippen LogP contribution in [0, 0.1) is 11.8 Å². The molecule has 0 spiro atoms. The van der Waals surface area contributed by atoms with Crippen molar-refractivity contribution in [2.75, 3.05) is 12.4 Å². The van der Waals surface area contributed by atoms with Crippen molar-refractivity contribution in [1.29, 1.82) is 0 Å². The van der Waals surface area contributed by atoms with Gasteiger partial charge in [0.2, 0.25) is 0 Å². The van der Waals surface area contributed by atoms with E-state index in [9.17, 15) is 4.79 Å². The fourth-order valence-corrected chi connectivity index (χ4v) is 6.34. The third kappa shape index (κ3) is 4.35. The molecule has 0 aromatic carbocycles. The maximum absolute atomic E-state index is 12.7. The van der Waals surface area contributed by atoms with Crippen LogP contribution in [-0.4, -0.2) is 45.3 Å². The van der Waals surface area contributed by atoms with E-state index < -0.39 is 0 Å². The average Bonchev–Trinajstić information content (AvgIpc) is 3.47. The number of hydrogen-bond acceptors (Lipinski definition) is 5.